The zero-order valence-electron chi connectivity index (χ0n) is 19.2. The molecule has 8 heteroatoms. The van der Waals surface area contributed by atoms with Crippen molar-refractivity contribution in [3.8, 4) is 22.8 Å². The number of nitrogens with zero attached hydrogens (tertiary/aromatic N) is 6. The number of ether oxygens (including phenoxy) is 2. The second-order valence-corrected chi connectivity index (χ2v) is 8.95. The van der Waals surface area contributed by atoms with Gasteiger partial charge in [-0.15, -0.1) is 0 Å². The molecule has 5 rings (SSSR count). The van der Waals surface area contributed by atoms with Crippen LogP contribution < -0.4 is 4.74 Å². The van der Waals surface area contributed by atoms with Crippen LogP contribution in [-0.4, -0.2) is 69.9 Å². The molecule has 2 aliphatic rings. The molecule has 0 spiro atoms. The molecule has 8 nitrogen and oxygen atoms in total. The molecule has 3 aromatic heterocycles. The lowest BCUT2D eigenvalue weighted by Gasteiger charge is -2.32. The number of methoxy groups -OCH3 is 1. The normalized spacial score (nSPS) is 18.8. The van der Waals surface area contributed by atoms with Crippen molar-refractivity contribution in [1.29, 1.82) is 0 Å². The number of fused-ring (bicyclic) bond motifs is 1. The predicted octanol–water partition coefficient (Wildman–Crippen LogP) is 3.16. The monoisotopic (exact) mass is 436 g/mol. The molecular formula is C24H32N6O2. The molecule has 0 aromatic carbocycles. The molecule has 0 N–H and O–H groups in total. The van der Waals surface area contributed by atoms with Crippen molar-refractivity contribution < 1.29 is 9.47 Å². The van der Waals surface area contributed by atoms with E-state index in [9.17, 15) is 0 Å². The van der Waals surface area contributed by atoms with Crippen LogP contribution in [0.2, 0.25) is 0 Å². The second kappa shape index (κ2) is 9.03. The predicted molar refractivity (Wildman–Crippen MR) is 122 cm³/mol. The number of rotatable bonds is 5. The molecule has 0 bridgehead atoms. The van der Waals surface area contributed by atoms with E-state index in [0.717, 1.165) is 42.9 Å². The lowest BCUT2D eigenvalue weighted by molar-refractivity contribution is 0.145. The van der Waals surface area contributed by atoms with Gasteiger partial charge in [0.15, 0.2) is 0 Å². The molecule has 0 amide bonds. The van der Waals surface area contributed by atoms with Gasteiger partial charge in [0, 0.05) is 29.8 Å². The van der Waals surface area contributed by atoms with E-state index < -0.39 is 0 Å². The second-order valence-electron chi connectivity index (χ2n) is 8.95. The third-order valence-electron chi connectivity index (χ3n) is 6.98. The Balaban J connectivity index is 1.48. The summed E-state index contributed by atoms with van der Waals surface area (Å²) in [5, 5.41) is 9.79. The molecule has 170 valence electrons. The SMILES string of the molecule is COc1ccc(-c2nn(-c3cnn([C@H](C)C4CCN(C)CC4)c3)c3c2CCOCC3)cn1. The van der Waals surface area contributed by atoms with Crippen LogP contribution in [0.25, 0.3) is 16.9 Å². The first kappa shape index (κ1) is 21.2. The number of piperidine rings is 1. The maximum Gasteiger partial charge on any atom is 0.212 e. The van der Waals surface area contributed by atoms with Crippen LogP contribution in [-0.2, 0) is 17.6 Å². The molecule has 1 atom stereocenters. The first-order valence-corrected chi connectivity index (χ1v) is 11.6. The molecule has 1 fully saturated rings. The molecule has 0 radical (unpaired) electrons. The highest BCUT2D eigenvalue weighted by atomic mass is 16.5. The minimum absolute atomic E-state index is 0.375. The van der Waals surface area contributed by atoms with Crippen molar-refractivity contribution in [2.75, 3.05) is 40.5 Å². The highest BCUT2D eigenvalue weighted by molar-refractivity contribution is 5.64. The van der Waals surface area contributed by atoms with Crippen molar-refractivity contribution in [3.63, 3.8) is 0 Å². The van der Waals surface area contributed by atoms with Gasteiger partial charge in [-0.25, -0.2) is 9.67 Å². The van der Waals surface area contributed by atoms with Crippen LogP contribution in [0.1, 0.15) is 37.1 Å². The van der Waals surface area contributed by atoms with Crippen LogP contribution in [0.4, 0.5) is 0 Å². The summed E-state index contributed by atoms with van der Waals surface area (Å²) in [6.07, 6.45) is 10.0. The van der Waals surface area contributed by atoms with Crippen LogP contribution in [0.5, 0.6) is 5.88 Å². The summed E-state index contributed by atoms with van der Waals surface area (Å²) < 4.78 is 15.2. The Morgan fingerprint density at radius 1 is 1.12 bits per heavy atom. The van der Waals surface area contributed by atoms with Gasteiger partial charge in [0.25, 0.3) is 0 Å². The Hall–Kier alpha value is -2.71. The van der Waals surface area contributed by atoms with Crippen LogP contribution in [0.3, 0.4) is 0 Å². The van der Waals surface area contributed by atoms with E-state index in [1.54, 1.807) is 7.11 Å². The highest BCUT2D eigenvalue weighted by Crippen LogP contribution is 2.32. The lowest BCUT2D eigenvalue weighted by Crippen LogP contribution is -2.33. The molecule has 0 saturated carbocycles. The van der Waals surface area contributed by atoms with Gasteiger partial charge in [-0.1, -0.05) is 0 Å². The maximum absolute atomic E-state index is 5.78. The Bertz CT molecular complexity index is 1050. The number of pyridine rings is 1. The maximum atomic E-state index is 5.78. The lowest BCUT2D eigenvalue weighted by atomic mass is 9.91. The summed E-state index contributed by atoms with van der Waals surface area (Å²) in [6.45, 7) is 6.03. The Morgan fingerprint density at radius 2 is 1.94 bits per heavy atom. The topological polar surface area (TPSA) is 70.2 Å². The van der Waals surface area contributed by atoms with E-state index in [1.165, 1.54) is 24.1 Å². The van der Waals surface area contributed by atoms with Crippen molar-refractivity contribution in [3.05, 3.63) is 42.0 Å². The van der Waals surface area contributed by atoms with E-state index in [4.69, 9.17) is 19.7 Å². The van der Waals surface area contributed by atoms with Crippen LogP contribution in [0.15, 0.2) is 30.7 Å². The average molecular weight is 437 g/mol. The molecule has 5 heterocycles. The van der Waals surface area contributed by atoms with Crippen molar-refractivity contribution in [2.45, 2.75) is 38.6 Å². The fourth-order valence-corrected chi connectivity index (χ4v) is 4.92. The van der Waals surface area contributed by atoms with Gasteiger partial charge in [-0.2, -0.15) is 10.2 Å². The molecular weight excluding hydrogens is 404 g/mol. The summed E-state index contributed by atoms with van der Waals surface area (Å²) in [4.78, 5) is 6.80. The number of aromatic nitrogens is 5. The molecule has 32 heavy (non-hydrogen) atoms. The van der Waals surface area contributed by atoms with Gasteiger partial charge in [0.2, 0.25) is 5.88 Å². The molecule has 0 unspecified atom stereocenters. The van der Waals surface area contributed by atoms with Gasteiger partial charge >= 0.3 is 0 Å². The minimum atomic E-state index is 0.375. The highest BCUT2D eigenvalue weighted by Gasteiger charge is 2.26. The smallest absolute Gasteiger partial charge is 0.212 e. The fraction of sp³-hybridized carbons (Fsp3) is 0.542. The summed E-state index contributed by atoms with van der Waals surface area (Å²) in [7, 11) is 3.83. The molecule has 3 aromatic rings. The molecule has 1 saturated heterocycles. The third-order valence-corrected chi connectivity index (χ3v) is 6.98. The van der Waals surface area contributed by atoms with Gasteiger partial charge in [0.1, 0.15) is 5.69 Å². The summed E-state index contributed by atoms with van der Waals surface area (Å²) in [5.41, 5.74) is 5.42. The van der Waals surface area contributed by atoms with Crippen LogP contribution in [0, 0.1) is 5.92 Å². The van der Waals surface area contributed by atoms with E-state index in [1.807, 2.05) is 24.5 Å². The Morgan fingerprint density at radius 3 is 2.69 bits per heavy atom. The van der Waals surface area contributed by atoms with Crippen molar-refractivity contribution >= 4 is 0 Å². The zero-order chi connectivity index (χ0) is 22.1. The summed E-state index contributed by atoms with van der Waals surface area (Å²) >= 11 is 0. The minimum Gasteiger partial charge on any atom is -0.481 e. The average Bonchev–Trinajstić information content (AvgIpc) is 3.37. The standard InChI is InChI=1S/C24H32N6O2/c1-17(18-6-10-28(2)11-7-18)29-16-20(15-26-29)30-22-9-13-32-12-8-21(22)24(27-30)19-4-5-23(31-3)25-14-19/h4-5,14-18H,6-13H2,1-3H3/t17-/m1/s1. The fourth-order valence-electron chi connectivity index (χ4n) is 4.92. The molecule has 0 aliphatic carbocycles. The first-order valence-electron chi connectivity index (χ1n) is 11.6. The van der Waals surface area contributed by atoms with Crippen molar-refractivity contribution in [2.24, 2.45) is 5.92 Å². The number of hydrogen-bond donors (Lipinski definition) is 0. The Kier molecular flexibility index (Phi) is 5.97. The third kappa shape index (κ3) is 4.04. The number of hydrogen-bond acceptors (Lipinski definition) is 6. The van der Waals surface area contributed by atoms with E-state index in [-0.39, 0.29) is 0 Å². The van der Waals surface area contributed by atoms with Gasteiger partial charge < -0.3 is 14.4 Å². The Labute approximate surface area is 189 Å². The van der Waals surface area contributed by atoms with Crippen molar-refractivity contribution in [1.82, 2.24) is 29.4 Å². The zero-order valence-corrected chi connectivity index (χ0v) is 19.2. The largest absolute Gasteiger partial charge is 0.481 e. The summed E-state index contributed by atoms with van der Waals surface area (Å²) in [5.74, 6) is 1.26. The van der Waals surface area contributed by atoms with E-state index >= 15 is 0 Å². The number of likely N-dealkylation sites (tertiary alicyclic amines) is 1. The first-order chi connectivity index (χ1) is 15.6. The van der Waals surface area contributed by atoms with Crippen LogP contribution >= 0.6 is 0 Å². The van der Waals surface area contributed by atoms with E-state index in [0.29, 0.717) is 31.1 Å². The van der Waals surface area contributed by atoms with Gasteiger partial charge in [0.05, 0.1) is 50.1 Å². The summed E-state index contributed by atoms with van der Waals surface area (Å²) in [6, 6.07) is 4.28. The van der Waals surface area contributed by atoms with E-state index in [2.05, 4.69) is 39.4 Å². The molecule has 2 aliphatic heterocycles. The van der Waals surface area contributed by atoms with Gasteiger partial charge in [-0.3, -0.25) is 4.68 Å². The van der Waals surface area contributed by atoms with Gasteiger partial charge in [-0.05, 0) is 58.3 Å². The quantitative estimate of drug-likeness (QED) is 0.612.